The molecule has 0 aliphatic carbocycles. The maximum Gasteiger partial charge on any atom is 0.131 e. The van der Waals surface area contributed by atoms with Crippen LogP contribution in [0.3, 0.4) is 0 Å². The predicted molar refractivity (Wildman–Crippen MR) is 68.2 cm³/mol. The zero-order valence-electron chi connectivity index (χ0n) is 10.9. The number of rotatable bonds is 3. The number of ether oxygens (including phenoxy) is 1. The Morgan fingerprint density at radius 1 is 1.50 bits per heavy atom. The highest BCUT2D eigenvalue weighted by molar-refractivity contribution is 5.30. The average Bonchev–Trinajstić information content (AvgIpc) is 2.37. The van der Waals surface area contributed by atoms with Crippen molar-refractivity contribution in [1.82, 2.24) is 4.90 Å². The third-order valence-corrected chi connectivity index (χ3v) is 3.63. The van der Waals surface area contributed by atoms with Gasteiger partial charge in [-0.25, -0.2) is 4.39 Å². The molecule has 2 atom stereocenters. The van der Waals surface area contributed by atoms with Crippen LogP contribution in [-0.4, -0.2) is 36.3 Å². The van der Waals surface area contributed by atoms with Gasteiger partial charge in [-0.3, -0.25) is 4.90 Å². The fourth-order valence-corrected chi connectivity index (χ4v) is 2.51. The molecule has 18 heavy (non-hydrogen) atoms. The molecule has 0 amide bonds. The Hall–Kier alpha value is -1.13. The molecule has 1 fully saturated rings. The Balaban J connectivity index is 2.15. The third-order valence-electron chi connectivity index (χ3n) is 3.63. The number of hydrogen-bond donors (Lipinski definition) is 1. The van der Waals surface area contributed by atoms with Crippen LogP contribution in [0, 0.1) is 5.82 Å². The van der Waals surface area contributed by atoms with E-state index >= 15 is 0 Å². The molecule has 0 spiro atoms. The molecule has 0 bridgehead atoms. The molecule has 0 aromatic heterocycles. The zero-order valence-corrected chi connectivity index (χ0v) is 10.9. The van der Waals surface area contributed by atoms with E-state index in [1.165, 1.54) is 13.2 Å². The number of aliphatic hydroxyl groups is 1. The Morgan fingerprint density at radius 2 is 2.28 bits per heavy atom. The van der Waals surface area contributed by atoms with Gasteiger partial charge in [0.15, 0.2) is 0 Å². The van der Waals surface area contributed by atoms with E-state index in [0.717, 1.165) is 19.4 Å². The quantitative estimate of drug-likeness (QED) is 0.897. The monoisotopic (exact) mass is 253 g/mol. The van der Waals surface area contributed by atoms with Crippen LogP contribution in [0.15, 0.2) is 18.2 Å². The molecule has 1 aromatic carbocycles. The van der Waals surface area contributed by atoms with Crippen molar-refractivity contribution in [2.24, 2.45) is 0 Å². The first kappa shape index (κ1) is 13.3. The van der Waals surface area contributed by atoms with E-state index in [4.69, 9.17) is 4.74 Å². The average molecular weight is 253 g/mol. The summed E-state index contributed by atoms with van der Waals surface area (Å²) in [5.41, 5.74) is 0.657. The second-order valence-corrected chi connectivity index (χ2v) is 4.85. The molecule has 1 aliphatic rings. The minimum Gasteiger partial charge on any atom is -0.497 e. The van der Waals surface area contributed by atoms with Gasteiger partial charge < -0.3 is 9.84 Å². The first-order chi connectivity index (χ1) is 8.61. The summed E-state index contributed by atoms with van der Waals surface area (Å²) in [6.07, 6.45) is 1.51. The fourth-order valence-electron chi connectivity index (χ4n) is 2.51. The molecular weight excluding hydrogens is 233 g/mol. The van der Waals surface area contributed by atoms with Crippen molar-refractivity contribution < 1.29 is 14.2 Å². The smallest absolute Gasteiger partial charge is 0.131 e. The number of β-amino-alcohol motifs (C(OH)–C–C–N with tert-alkyl or cyclic N) is 1. The van der Waals surface area contributed by atoms with Crippen molar-refractivity contribution in [3.8, 4) is 5.75 Å². The normalized spacial score (nSPS) is 22.8. The van der Waals surface area contributed by atoms with Crippen molar-refractivity contribution in [3.63, 3.8) is 0 Å². The Bertz CT molecular complexity index is 411. The van der Waals surface area contributed by atoms with E-state index in [1.54, 1.807) is 12.1 Å². The van der Waals surface area contributed by atoms with Gasteiger partial charge in [0, 0.05) is 24.2 Å². The Labute approximate surface area is 107 Å². The van der Waals surface area contributed by atoms with Crippen LogP contribution in [0.4, 0.5) is 4.39 Å². The second kappa shape index (κ2) is 5.67. The lowest BCUT2D eigenvalue weighted by Gasteiger charge is -2.35. The lowest BCUT2D eigenvalue weighted by Crippen LogP contribution is -2.39. The highest BCUT2D eigenvalue weighted by Gasteiger charge is 2.24. The summed E-state index contributed by atoms with van der Waals surface area (Å²) in [7, 11) is 1.53. The maximum atomic E-state index is 14.0. The van der Waals surface area contributed by atoms with Gasteiger partial charge in [0.1, 0.15) is 11.6 Å². The number of piperidine rings is 1. The van der Waals surface area contributed by atoms with Crippen molar-refractivity contribution in [3.05, 3.63) is 29.6 Å². The third kappa shape index (κ3) is 2.82. The van der Waals surface area contributed by atoms with E-state index in [0.29, 0.717) is 17.9 Å². The largest absolute Gasteiger partial charge is 0.497 e. The molecule has 100 valence electrons. The van der Waals surface area contributed by atoms with E-state index in [2.05, 4.69) is 4.90 Å². The molecule has 3 nitrogen and oxygen atoms in total. The number of likely N-dealkylation sites (tertiary alicyclic amines) is 1. The lowest BCUT2D eigenvalue weighted by molar-refractivity contribution is 0.0495. The lowest BCUT2D eigenvalue weighted by atomic mass is 10.0. The van der Waals surface area contributed by atoms with Crippen LogP contribution < -0.4 is 4.74 Å². The molecule has 1 saturated heterocycles. The maximum absolute atomic E-state index is 14.0. The number of aliphatic hydroxyl groups excluding tert-OH is 1. The summed E-state index contributed by atoms with van der Waals surface area (Å²) in [5, 5.41) is 9.67. The summed E-state index contributed by atoms with van der Waals surface area (Å²) in [4.78, 5) is 2.12. The molecule has 0 unspecified atom stereocenters. The van der Waals surface area contributed by atoms with Crippen LogP contribution in [0.25, 0.3) is 0 Å². The van der Waals surface area contributed by atoms with E-state index in [9.17, 15) is 9.50 Å². The van der Waals surface area contributed by atoms with E-state index in [-0.39, 0.29) is 18.0 Å². The second-order valence-electron chi connectivity index (χ2n) is 4.85. The van der Waals surface area contributed by atoms with Gasteiger partial charge in [-0.05, 0) is 32.4 Å². The van der Waals surface area contributed by atoms with Gasteiger partial charge >= 0.3 is 0 Å². The molecule has 2 rings (SSSR count). The van der Waals surface area contributed by atoms with Crippen LogP contribution in [0.5, 0.6) is 5.75 Å². The topological polar surface area (TPSA) is 32.7 Å². The summed E-state index contributed by atoms with van der Waals surface area (Å²) in [5.74, 6) is 0.282. The summed E-state index contributed by atoms with van der Waals surface area (Å²) < 4.78 is 19.0. The van der Waals surface area contributed by atoms with Crippen LogP contribution in [0.2, 0.25) is 0 Å². The first-order valence-corrected chi connectivity index (χ1v) is 6.37. The van der Waals surface area contributed by atoms with Gasteiger partial charge in [-0.15, -0.1) is 0 Å². The Morgan fingerprint density at radius 3 is 2.89 bits per heavy atom. The van der Waals surface area contributed by atoms with Gasteiger partial charge in [-0.2, -0.15) is 0 Å². The van der Waals surface area contributed by atoms with Crippen molar-refractivity contribution >= 4 is 0 Å². The summed E-state index contributed by atoms with van der Waals surface area (Å²) in [6.45, 7) is 3.50. The molecule has 0 radical (unpaired) electrons. The molecule has 1 N–H and O–H groups in total. The summed E-state index contributed by atoms with van der Waals surface area (Å²) >= 11 is 0. The van der Waals surface area contributed by atoms with E-state index in [1.807, 2.05) is 6.92 Å². The highest BCUT2D eigenvalue weighted by Crippen LogP contribution is 2.28. The van der Waals surface area contributed by atoms with Crippen LogP contribution in [0.1, 0.15) is 31.4 Å². The van der Waals surface area contributed by atoms with Crippen LogP contribution in [-0.2, 0) is 0 Å². The minimum atomic E-state index is -0.289. The van der Waals surface area contributed by atoms with Crippen molar-refractivity contribution in [2.45, 2.75) is 31.9 Å². The van der Waals surface area contributed by atoms with E-state index < -0.39 is 0 Å². The minimum absolute atomic E-state index is 0.0224. The molecule has 1 heterocycles. The van der Waals surface area contributed by atoms with Crippen molar-refractivity contribution in [1.29, 1.82) is 0 Å². The highest BCUT2D eigenvalue weighted by atomic mass is 19.1. The Kier molecular flexibility index (Phi) is 4.19. The predicted octanol–water partition coefficient (Wildman–Crippen LogP) is 2.35. The standard InChI is InChI=1S/C14H20FNO2/c1-10(16-7-3-4-11(17)9-16)13-6-5-12(18-2)8-14(13)15/h5-6,8,10-11,17H,3-4,7,9H2,1-2H3/t10-,11+/m0/s1. The van der Waals surface area contributed by atoms with Crippen LogP contribution >= 0.6 is 0 Å². The first-order valence-electron chi connectivity index (χ1n) is 6.37. The number of halogens is 1. The number of nitrogens with zero attached hydrogens (tertiary/aromatic N) is 1. The van der Waals surface area contributed by atoms with Gasteiger partial charge in [0.25, 0.3) is 0 Å². The molecule has 0 saturated carbocycles. The number of hydrogen-bond acceptors (Lipinski definition) is 3. The van der Waals surface area contributed by atoms with Gasteiger partial charge in [-0.1, -0.05) is 6.07 Å². The summed E-state index contributed by atoms with van der Waals surface area (Å²) in [6, 6.07) is 4.92. The molecule has 4 heteroatoms. The molecular formula is C14H20FNO2. The number of methoxy groups -OCH3 is 1. The molecule has 1 aliphatic heterocycles. The molecule has 1 aromatic rings. The fraction of sp³-hybridized carbons (Fsp3) is 0.571. The SMILES string of the molecule is COc1ccc([C@H](C)N2CCC[C@@H](O)C2)c(F)c1. The zero-order chi connectivity index (χ0) is 13.1. The van der Waals surface area contributed by atoms with Gasteiger partial charge in [0.05, 0.1) is 13.2 Å². The number of benzene rings is 1. The van der Waals surface area contributed by atoms with Gasteiger partial charge in [0.2, 0.25) is 0 Å². The van der Waals surface area contributed by atoms with Crippen molar-refractivity contribution in [2.75, 3.05) is 20.2 Å².